The van der Waals surface area contributed by atoms with Crippen molar-refractivity contribution in [3.05, 3.63) is 32.3 Å². The molecule has 0 amide bonds. The minimum atomic E-state index is -0.491. The minimum absolute atomic E-state index is 0.205. The molecule has 0 aliphatic heterocycles. The molecule has 0 unspecified atom stereocenters. The molecule has 0 radical (unpaired) electrons. The highest BCUT2D eigenvalue weighted by atomic mass is 79.9. The molecule has 0 saturated heterocycles. The summed E-state index contributed by atoms with van der Waals surface area (Å²) in [5, 5.41) is 0. The number of nitrogens with two attached hydrogens (primary N) is 1. The van der Waals surface area contributed by atoms with Crippen LogP contribution in [0.25, 0.3) is 0 Å². The number of carbonyl (C=O) groups excluding carboxylic acids is 1. The fourth-order valence-electron chi connectivity index (χ4n) is 1.99. The average molecular weight is 358 g/mol. The summed E-state index contributed by atoms with van der Waals surface area (Å²) in [5.74, 6) is 0.692. The van der Waals surface area contributed by atoms with Crippen molar-refractivity contribution in [2.24, 2.45) is 0 Å². The van der Waals surface area contributed by atoms with Crippen LogP contribution in [0.3, 0.4) is 0 Å². The first-order valence-electron chi connectivity index (χ1n) is 6.24. The van der Waals surface area contributed by atoms with Crippen molar-refractivity contribution < 1.29 is 9.53 Å². The first-order valence-corrected chi connectivity index (χ1v) is 7.85. The van der Waals surface area contributed by atoms with Crippen LogP contribution >= 0.6 is 27.3 Å². The zero-order valence-corrected chi connectivity index (χ0v) is 13.8. The van der Waals surface area contributed by atoms with Crippen molar-refractivity contribution in [3.8, 4) is 0 Å². The Morgan fingerprint density at radius 3 is 2.85 bits per heavy atom. The number of halogens is 1. The maximum atomic E-state index is 11.6. The predicted octanol–water partition coefficient (Wildman–Crippen LogP) is 2.88. The van der Waals surface area contributed by atoms with Gasteiger partial charge >= 0.3 is 5.97 Å². The first-order chi connectivity index (χ1) is 9.56. The van der Waals surface area contributed by atoms with Gasteiger partial charge in [-0.1, -0.05) is 6.92 Å². The summed E-state index contributed by atoms with van der Waals surface area (Å²) in [6.45, 7) is 2.69. The van der Waals surface area contributed by atoms with E-state index in [1.807, 2.05) is 17.6 Å². The number of nitrogens with zero attached hydrogens (tertiary/aromatic N) is 2. The van der Waals surface area contributed by atoms with Crippen LogP contribution in [0.5, 0.6) is 0 Å². The van der Waals surface area contributed by atoms with Gasteiger partial charge in [-0.3, -0.25) is 0 Å². The van der Waals surface area contributed by atoms with Gasteiger partial charge < -0.3 is 15.0 Å². The molecule has 2 heterocycles. The molecule has 108 valence electrons. The van der Waals surface area contributed by atoms with E-state index in [1.54, 1.807) is 11.3 Å². The zero-order valence-electron chi connectivity index (χ0n) is 11.4. The number of aromatic nitrogens is 2. The highest BCUT2D eigenvalue weighted by Gasteiger charge is 2.20. The van der Waals surface area contributed by atoms with Gasteiger partial charge in [-0.15, -0.1) is 11.3 Å². The van der Waals surface area contributed by atoms with Gasteiger partial charge in [-0.2, -0.15) is 0 Å². The molecular weight excluding hydrogens is 342 g/mol. The van der Waals surface area contributed by atoms with Crippen LogP contribution in [-0.4, -0.2) is 22.6 Å². The quantitative estimate of drug-likeness (QED) is 0.835. The summed E-state index contributed by atoms with van der Waals surface area (Å²) < 4.78 is 7.69. The summed E-state index contributed by atoms with van der Waals surface area (Å²) in [4.78, 5) is 17.1. The number of thiophene rings is 1. The molecule has 20 heavy (non-hydrogen) atoms. The van der Waals surface area contributed by atoms with Gasteiger partial charge in [0.15, 0.2) is 5.69 Å². The minimum Gasteiger partial charge on any atom is -0.464 e. The lowest BCUT2D eigenvalue weighted by Gasteiger charge is -2.07. The van der Waals surface area contributed by atoms with Crippen molar-refractivity contribution in [2.75, 3.05) is 12.8 Å². The van der Waals surface area contributed by atoms with E-state index in [0.717, 1.165) is 22.5 Å². The summed E-state index contributed by atoms with van der Waals surface area (Å²) in [6.07, 6.45) is 1.57. The Kier molecular flexibility index (Phi) is 4.82. The molecule has 0 spiro atoms. The van der Waals surface area contributed by atoms with Crippen molar-refractivity contribution in [3.63, 3.8) is 0 Å². The van der Waals surface area contributed by atoms with Crippen molar-refractivity contribution in [2.45, 2.75) is 26.3 Å². The molecule has 2 rings (SSSR count). The number of imidazole rings is 1. The second kappa shape index (κ2) is 6.41. The number of anilines is 1. The normalized spacial score (nSPS) is 10.8. The molecule has 5 nitrogen and oxygen atoms in total. The highest BCUT2D eigenvalue weighted by Crippen LogP contribution is 2.24. The molecule has 0 fully saturated rings. The Bertz CT molecular complexity index is 621. The molecule has 2 N–H and O–H groups in total. The molecule has 2 aromatic heterocycles. The molecule has 0 bridgehead atoms. The Labute approximate surface area is 129 Å². The van der Waals surface area contributed by atoms with Crippen LogP contribution in [0, 0.1) is 0 Å². The number of hydrogen-bond donors (Lipinski definition) is 1. The fourth-order valence-corrected chi connectivity index (χ4v) is 3.46. The number of carbonyl (C=O) groups is 1. The average Bonchev–Trinajstić information content (AvgIpc) is 2.99. The van der Waals surface area contributed by atoms with E-state index >= 15 is 0 Å². The smallest absolute Gasteiger partial charge is 0.360 e. The molecular formula is C13H16BrN3O2S. The second-order valence-electron chi connectivity index (χ2n) is 4.21. The van der Waals surface area contributed by atoms with Crippen molar-refractivity contribution >= 4 is 39.1 Å². The Morgan fingerprint density at radius 2 is 2.30 bits per heavy atom. The van der Waals surface area contributed by atoms with Gasteiger partial charge in [-0.25, -0.2) is 9.78 Å². The van der Waals surface area contributed by atoms with Gasteiger partial charge in [0.25, 0.3) is 0 Å². The van der Waals surface area contributed by atoms with Crippen LogP contribution in [0.15, 0.2) is 15.9 Å². The van der Waals surface area contributed by atoms with Gasteiger partial charge in [0.2, 0.25) is 0 Å². The Hall–Kier alpha value is -1.34. The van der Waals surface area contributed by atoms with Crippen LogP contribution in [-0.2, 0) is 24.1 Å². The van der Waals surface area contributed by atoms with Crippen LogP contribution in [0.2, 0.25) is 0 Å². The van der Waals surface area contributed by atoms with Gasteiger partial charge in [0.1, 0.15) is 11.6 Å². The molecule has 0 aliphatic carbocycles. The van der Waals surface area contributed by atoms with E-state index in [4.69, 9.17) is 10.5 Å². The van der Waals surface area contributed by atoms with E-state index < -0.39 is 5.97 Å². The third kappa shape index (κ3) is 3.04. The number of nitrogen functional groups attached to an aromatic ring is 1. The van der Waals surface area contributed by atoms with Gasteiger partial charge in [-0.05, 0) is 34.5 Å². The first kappa shape index (κ1) is 15.1. The predicted molar refractivity (Wildman–Crippen MR) is 83.1 cm³/mol. The number of hydrogen-bond acceptors (Lipinski definition) is 5. The zero-order chi connectivity index (χ0) is 14.7. The van der Waals surface area contributed by atoms with Gasteiger partial charge in [0.05, 0.1) is 10.9 Å². The van der Waals surface area contributed by atoms with Crippen molar-refractivity contribution in [1.29, 1.82) is 0 Å². The number of methoxy groups -OCH3 is 1. The highest BCUT2D eigenvalue weighted by molar-refractivity contribution is 9.11. The fraction of sp³-hybridized carbons (Fsp3) is 0.385. The third-order valence-corrected chi connectivity index (χ3v) is 4.67. The standard InChI is InChI=1S/C13H16BrN3O2S/c1-3-10-16-11(13(18)19-2)12(15)17(10)7-6-8-4-5-9(14)20-8/h4-5H,3,6-7,15H2,1-2H3. The lowest BCUT2D eigenvalue weighted by Crippen LogP contribution is -2.10. The summed E-state index contributed by atoms with van der Waals surface area (Å²) >= 11 is 5.14. The molecule has 2 aromatic rings. The van der Waals surface area contributed by atoms with Crippen LogP contribution < -0.4 is 5.73 Å². The topological polar surface area (TPSA) is 70.1 Å². The molecule has 0 saturated carbocycles. The maximum absolute atomic E-state index is 11.6. The van der Waals surface area contributed by atoms with Crippen LogP contribution in [0.1, 0.15) is 28.1 Å². The van der Waals surface area contributed by atoms with Gasteiger partial charge in [0, 0.05) is 17.8 Å². The van der Waals surface area contributed by atoms with E-state index in [0.29, 0.717) is 12.4 Å². The van der Waals surface area contributed by atoms with E-state index in [1.165, 1.54) is 12.0 Å². The summed E-state index contributed by atoms with van der Waals surface area (Å²) in [6, 6.07) is 4.10. The van der Waals surface area contributed by atoms with E-state index in [-0.39, 0.29) is 5.69 Å². The monoisotopic (exact) mass is 357 g/mol. The number of rotatable bonds is 5. The Balaban J connectivity index is 2.21. The number of esters is 1. The van der Waals surface area contributed by atoms with E-state index in [9.17, 15) is 4.79 Å². The largest absolute Gasteiger partial charge is 0.464 e. The van der Waals surface area contributed by atoms with E-state index in [2.05, 4.69) is 27.0 Å². The summed E-state index contributed by atoms with van der Waals surface area (Å²) in [5.41, 5.74) is 6.22. The number of ether oxygens (including phenoxy) is 1. The Morgan fingerprint density at radius 1 is 1.55 bits per heavy atom. The second-order valence-corrected chi connectivity index (χ2v) is 6.76. The molecule has 0 atom stereocenters. The molecule has 7 heteroatoms. The maximum Gasteiger partial charge on any atom is 0.360 e. The lowest BCUT2D eigenvalue weighted by molar-refractivity contribution is 0.0595. The molecule has 0 aromatic carbocycles. The number of aryl methyl sites for hydroxylation is 2. The third-order valence-electron chi connectivity index (χ3n) is 2.99. The van der Waals surface area contributed by atoms with Crippen LogP contribution in [0.4, 0.5) is 5.82 Å². The SMILES string of the molecule is CCc1nc(C(=O)OC)c(N)n1CCc1ccc(Br)s1. The lowest BCUT2D eigenvalue weighted by atomic mass is 10.3. The molecule has 0 aliphatic rings. The van der Waals surface area contributed by atoms with Crippen molar-refractivity contribution in [1.82, 2.24) is 9.55 Å². The summed E-state index contributed by atoms with van der Waals surface area (Å²) in [7, 11) is 1.33.